The Bertz CT molecular complexity index is 3570. The number of benzene rings is 10. The molecule has 12 rings (SSSR count). The molecule has 12 aromatic rings. The number of hydrogen-bond acceptors (Lipinski definition) is 4. The highest BCUT2D eigenvalue weighted by Crippen LogP contribution is 2.50. The van der Waals surface area contributed by atoms with Crippen LogP contribution in [0.3, 0.4) is 0 Å². The molecule has 0 spiro atoms. The van der Waals surface area contributed by atoms with Gasteiger partial charge < -0.3 is 9.80 Å². The van der Waals surface area contributed by atoms with Crippen LogP contribution >= 0.6 is 22.7 Å². The Morgan fingerprint density at radius 2 is 0.767 bits per heavy atom. The van der Waals surface area contributed by atoms with E-state index in [-0.39, 0.29) is 0 Å². The average Bonchev–Trinajstić information content (AvgIpc) is 3.88. The van der Waals surface area contributed by atoms with Gasteiger partial charge in [0, 0.05) is 64.1 Å². The summed E-state index contributed by atoms with van der Waals surface area (Å²) in [6, 6.07) is 80.1. The highest BCUT2D eigenvalue weighted by molar-refractivity contribution is 7.26. The molecule has 0 atom stereocenters. The Hall–Kier alpha value is -7.24. The number of thiophene rings is 2. The summed E-state index contributed by atoms with van der Waals surface area (Å²) in [5.74, 6) is 0. The van der Waals surface area contributed by atoms with Crippen molar-refractivity contribution in [3.8, 4) is 11.1 Å². The zero-order valence-electron chi connectivity index (χ0n) is 32.5. The maximum atomic E-state index is 2.45. The second-order valence-electron chi connectivity index (χ2n) is 15.4. The Balaban J connectivity index is 1.14. The third kappa shape index (κ3) is 5.92. The highest BCUT2D eigenvalue weighted by atomic mass is 32.1. The monoisotopic (exact) mass is 800 g/mol. The van der Waals surface area contributed by atoms with E-state index in [4.69, 9.17) is 0 Å². The highest BCUT2D eigenvalue weighted by Gasteiger charge is 2.23. The van der Waals surface area contributed by atoms with E-state index in [2.05, 4.69) is 228 Å². The van der Waals surface area contributed by atoms with Gasteiger partial charge >= 0.3 is 0 Å². The Kier molecular flexibility index (Phi) is 8.25. The van der Waals surface area contributed by atoms with E-state index in [9.17, 15) is 0 Å². The lowest BCUT2D eigenvalue weighted by atomic mass is 10.00. The molecule has 0 aliphatic rings. The molecule has 0 radical (unpaired) electrons. The summed E-state index contributed by atoms with van der Waals surface area (Å²) in [7, 11) is 0. The molecule has 0 N–H and O–H groups in total. The topological polar surface area (TPSA) is 6.48 Å². The van der Waals surface area contributed by atoms with Gasteiger partial charge in [0.2, 0.25) is 0 Å². The molecule has 10 aromatic carbocycles. The minimum atomic E-state index is 1.09. The predicted octanol–water partition coefficient (Wildman–Crippen LogP) is 17.3. The summed E-state index contributed by atoms with van der Waals surface area (Å²) in [5.41, 5.74) is 9.12. The van der Waals surface area contributed by atoms with Crippen molar-refractivity contribution in [2.45, 2.75) is 0 Å². The van der Waals surface area contributed by atoms with Crippen molar-refractivity contribution >= 4 is 119 Å². The summed E-state index contributed by atoms with van der Waals surface area (Å²) < 4.78 is 5.15. The molecular formula is C56H36N2S2. The largest absolute Gasteiger partial charge is 0.310 e. The minimum Gasteiger partial charge on any atom is -0.310 e. The molecule has 0 unspecified atom stereocenters. The smallest absolute Gasteiger partial charge is 0.0661 e. The van der Waals surface area contributed by atoms with E-state index in [0.717, 1.165) is 34.1 Å². The molecule has 2 nitrogen and oxygen atoms in total. The van der Waals surface area contributed by atoms with Crippen LogP contribution in [0.4, 0.5) is 34.1 Å². The van der Waals surface area contributed by atoms with Gasteiger partial charge in [-0.1, -0.05) is 127 Å². The third-order valence-electron chi connectivity index (χ3n) is 11.8. The first-order valence-electron chi connectivity index (χ1n) is 20.3. The number of para-hydroxylation sites is 2. The van der Waals surface area contributed by atoms with Gasteiger partial charge in [-0.25, -0.2) is 0 Å². The zero-order valence-corrected chi connectivity index (χ0v) is 34.1. The number of fused-ring (bicyclic) bond motifs is 8. The fourth-order valence-electron chi connectivity index (χ4n) is 8.89. The van der Waals surface area contributed by atoms with Gasteiger partial charge in [0.1, 0.15) is 0 Å². The lowest BCUT2D eigenvalue weighted by Gasteiger charge is -2.30. The molecule has 60 heavy (non-hydrogen) atoms. The van der Waals surface area contributed by atoms with Crippen molar-refractivity contribution in [1.82, 2.24) is 0 Å². The Morgan fingerprint density at radius 3 is 1.42 bits per heavy atom. The van der Waals surface area contributed by atoms with Crippen molar-refractivity contribution in [3.05, 3.63) is 218 Å². The van der Waals surface area contributed by atoms with E-state index in [0.29, 0.717) is 0 Å². The summed E-state index contributed by atoms with van der Waals surface area (Å²) in [5, 5.41) is 9.99. The summed E-state index contributed by atoms with van der Waals surface area (Å²) in [6.07, 6.45) is 0. The van der Waals surface area contributed by atoms with Crippen LogP contribution in [0.1, 0.15) is 0 Å². The molecule has 0 bridgehead atoms. The van der Waals surface area contributed by atoms with Gasteiger partial charge in [0.25, 0.3) is 0 Å². The van der Waals surface area contributed by atoms with Crippen LogP contribution in [0.5, 0.6) is 0 Å². The van der Waals surface area contributed by atoms with Crippen LogP contribution < -0.4 is 9.80 Å². The molecule has 0 amide bonds. The molecule has 0 aliphatic carbocycles. The van der Waals surface area contributed by atoms with E-state index in [1.807, 2.05) is 22.7 Å². The van der Waals surface area contributed by atoms with E-state index >= 15 is 0 Å². The Morgan fingerprint density at radius 1 is 0.267 bits per heavy atom. The van der Waals surface area contributed by atoms with Crippen molar-refractivity contribution < 1.29 is 0 Å². The predicted molar refractivity (Wildman–Crippen MR) is 262 cm³/mol. The van der Waals surface area contributed by atoms with Crippen LogP contribution in [0.15, 0.2) is 218 Å². The second kappa shape index (κ2) is 14.2. The lowest BCUT2D eigenvalue weighted by Crippen LogP contribution is -2.13. The molecule has 0 fully saturated rings. The fraction of sp³-hybridized carbons (Fsp3) is 0. The standard InChI is InChI=1S/C56H36N2S2/c1-3-17-43(18-4-1)57(45-27-23-37-13-7-9-15-39(37)31-45)47-35-51-50-34-42(41-25-29-54-49(33-41)48-21-11-12-22-53(48)59-54)26-30-55(50)60-56(51)52(36-47)58(44-19-5-2-6-20-44)46-28-24-38-14-8-10-16-40(38)32-46/h1-36H. The number of rotatable bonds is 7. The molecule has 2 heterocycles. The second-order valence-corrected chi connectivity index (χ2v) is 17.5. The third-order valence-corrected chi connectivity index (χ3v) is 14.1. The number of nitrogens with zero attached hydrogens (tertiary/aromatic N) is 2. The maximum Gasteiger partial charge on any atom is 0.0661 e. The van der Waals surface area contributed by atoms with Crippen LogP contribution in [0.2, 0.25) is 0 Å². The maximum absolute atomic E-state index is 2.45. The molecule has 0 aliphatic heterocycles. The van der Waals surface area contributed by atoms with Gasteiger partial charge in [0.15, 0.2) is 0 Å². The summed E-state index contributed by atoms with van der Waals surface area (Å²) in [6.45, 7) is 0. The molecular weight excluding hydrogens is 765 g/mol. The molecule has 2 aromatic heterocycles. The first kappa shape index (κ1) is 34.8. The van der Waals surface area contributed by atoms with E-state index in [1.165, 1.54) is 73.0 Å². The van der Waals surface area contributed by atoms with Gasteiger partial charge in [-0.3, -0.25) is 0 Å². The van der Waals surface area contributed by atoms with Crippen LogP contribution in [-0.2, 0) is 0 Å². The molecule has 282 valence electrons. The van der Waals surface area contributed by atoms with Crippen molar-refractivity contribution in [1.29, 1.82) is 0 Å². The number of hydrogen-bond donors (Lipinski definition) is 0. The van der Waals surface area contributed by atoms with Gasteiger partial charge in [-0.15, -0.1) is 22.7 Å². The molecule has 4 heteroatoms. The first-order chi connectivity index (χ1) is 29.7. The Labute approximate surface area is 356 Å². The van der Waals surface area contributed by atoms with E-state index in [1.54, 1.807) is 0 Å². The molecule has 0 saturated heterocycles. The van der Waals surface area contributed by atoms with E-state index < -0.39 is 0 Å². The van der Waals surface area contributed by atoms with Gasteiger partial charge in [-0.05, 0) is 124 Å². The normalized spacial score (nSPS) is 11.7. The van der Waals surface area contributed by atoms with Crippen molar-refractivity contribution in [2.24, 2.45) is 0 Å². The first-order valence-corrected chi connectivity index (χ1v) is 22.0. The van der Waals surface area contributed by atoms with Gasteiger partial charge in [0.05, 0.1) is 10.4 Å². The average molecular weight is 801 g/mol. The summed E-state index contributed by atoms with van der Waals surface area (Å²) >= 11 is 3.74. The fourth-order valence-corrected chi connectivity index (χ4v) is 11.1. The zero-order chi connectivity index (χ0) is 39.6. The quantitative estimate of drug-likeness (QED) is 0.158. The SMILES string of the molecule is c1ccc(N(c2ccc3ccccc3c2)c2cc(N(c3ccccc3)c3ccc4ccccc4c3)c3sc4ccc(-c5ccc6sc7ccccc7c6c5)cc4c3c2)cc1. The van der Waals surface area contributed by atoms with Gasteiger partial charge in [-0.2, -0.15) is 0 Å². The van der Waals surface area contributed by atoms with Crippen LogP contribution in [0.25, 0.3) is 73.0 Å². The van der Waals surface area contributed by atoms with Crippen molar-refractivity contribution in [2.75, 3.05) is 9.80 Å². The lowest BCUT2D eigenvalue weighted by molar-refractivity contribution is 1.27. The minimum absolute atomic E-state index is 1.09. The molecule has 0 saturated carbocycles. The van der Waals surface area contributed by atoms with Crippen molar-refractivity contribution in [3.63, 3.8) is 0 Å². The van der Waals surface area contributed by atoms with Crippen LogP contribution in [0, 0.1) is 0 Å². The van der Waals surface area contributed by atoms with Crippen LogP contribution in [-0.4, -0.2) is 0 Å². The summed E-state index contributed by atoms with van der Waals surface area (Å²) in [4.78, 5) is 4.87. The number of anilines is 6.